The van der Waals surface area contributed by atoms with Crippen molar-refractivity contribution in [3.63, 3.8) is 0 Å². The van der Waals surface area contributed by atoms with Gasteiger partial charge in [-0.15, -0.1) is 0 Å². The number of aromatic nitrogens is 2. The van der Waals surface area contributed by atoms with Crippen molar-refractivity contribution in [3.05, 3.63) is 51.0 Å². The Morgan fingerprint density at radius 2 is 2.14 bits per heavy atom. The summed E-state index contributed by atoms with van der Waals surface area (Å²) in [5.41, 5.74) is 3.49. The zero-order chi connectivity index (χ0) is 15.6. The summed E-state index contributed by atoms with van der Waals surface area (Å²) in [5, 5.41) is 7.09. The standard InChI is InChI=1S/C15H17BrFN3O/c1-9-13(10(2)20(3)19-9)7-15(21)18-8-11-6-12(17)4-5-14(11)16/h4-6H,7-8H2,1-3H3,(H,18,21). The van der Waals surface area contributed by atoms with E-state index >= 15 is 0 Å². The topological polar surface area (TPSA) is 46.9 Å². The Morgan fingerprint density at radius 1 is 1.43 bits per heavy atom. The van der Waals surface area contributed by atoms with E-state index in [9.17, 15) is 9.18 Å². The molecule has 0 fully saturated rings. The Kier molecular flexibility index (Phi) is 4.77. The highest BCUT2D eigenvalue weighted by Crippen LogP contribution is 2.18. The van der Waals surface area contributed by atoms with Crippen LogP contribution in [0.4, 0.5) is 4.39 Å². The third kappa shape index (κ3) is 3.69. The molecule has 1 N–H and O–H groups in total. The average molecular weight is 354 g/mol. The maximum absolute atomic E-state index is 13.2. The van der Waals surface area contributed by atoms with Gasteiger partial charge in [-0.3, -0.25) is 9.48 Å². The summed E-state index contributed by atoms with van der Waals surface area (Å²) in [5.74, 6) is -0.424. The van der Waals surface area contributed by atoms with Crippen LogP contribution in [0.15, 0.2) is 22.7 Å². The molecule has 1 amide bonds. The van der Waals surface area contributed by atoms with E-state index in [1.165, 1.54) is 12.1 Å². The van der Waals surface area contributed by atoms with Crippen molar-refractivity contribution in [1.82, 2.24) is 15.1 Å². The van der Waals surface area contributed by atoms with E-state index in [0.29, 0.717) is 5.56 Å². The molecule has 1 aromatic heterocycles. The molecule has 0 saturated carbocycles. The first-order valence-electron chi connectivity index (χ1n) is 6.58. The van der Waals surface area contributed by atoms with Gasteiger partial charge in [0.2, 0.25) is 5.91 Å². The number of aryl methyl sites for hydroxylation is 2. The number of nitrogens with zero attached hydrogens (tertiary/aromatic N) is 2. The van der Waals surface area contributed by atoms with Gasteiger partial charge in [0, 0.05) is 29.3 Å². The molecule has 0 bridgehead atoms. The molecule has 1 aromatic carbocycles. The van der Waals surface area contributed by atoms with Crippen LogP contribution in [0.3, 0.4) is 0 Å². The number of halogens is 2. The fourth-order valence-corrected chi connectivity index (χ4v) is 2.56. The normalized spacial score (nSPS) is 10.7. The Bertz CT molecular complexity index is 682. The summed E-state index contributed by atoms with van der Waals surface area (Å²) in [6.45, 7) is 4.11. The van der Waals surface area contributed by atoms with Gasteiger partial charge in [-0.2, -0.15) is 5.10 Å². The van der Waals surface area contributed by atoms with Gasteiger partial charge in [0.05, 0.1) is 12.1 Å². The second-order valence-electron chi connectivity index (χ2n) is 4.96. The number of amides is 1. The molecular weight excluding hydrogens is 337 g/mol. The van der Waals surface area contributed by atoms with E-state index in [1.807, 2.05) is 20.9 Å². The molecule has 4 nitrogen and oxygen atoms in total. The Labute approximate surface area is 131 Å². The SMILES string of the molecule is Cc1nn(C)c(C)c1CC(=O)NCc1cc(F)ccc1Br. The van der Waals surface area contributed by atoms with Crippen LogP contribution in [0, 0.1) is 19.7 Å². The molecule has 0 spiro atoms. The van der Waals surface area contributed by atoms with Gasteiger partial charge in [0.1, 0.15) is 5.82 Å². The van der Waals surface area contributed by atoms with Crippen molar-refractivity contribution >= 4 is 21.8 Å². The van der Waals surface area contributed by atoms with Gasteiger partial charge in [0.25, 0.3) is 0 Å². The second-order valence-corrected chi connectivity index (χ2v) is 5.82. The van der Waals surface area contributed by atoms with Crippen molar-refractivity contribution in [2.45, 2.75) is 26.8 Å². The first-order chi connectivity index (χ1) is 9.88. The minimum absolute atomic E-state index is 0.106. The van der Waals surface area contributed by atoms with Crippen molar-refractivity contribution < 1.29 is 9.18 Å². The zero-order valence-electron chi connectivity index (χ0n) is 12.2. The van der Waals surface area contributed by atoms with Gasteiger partial charge in [-0.1, -0.05) is 15.9 Å². The molecule has 2 rings (SSSR count). The summed E-state index contributed by atoms with van der Waals surface area (Å²) < 4.78 is 15.7. The van der Waals surface area contributed by atoms with E-state index < -0.39 is 0 Å². The molecule has 0 aliphatic heterocycles. The average Bonchev–Trinajstić information content (AvgIpc) is 2.66. The van der Waals surface area contributed by atoms with Crippen LogP contribution >= 0.6 is 15.9 Å². The monoisotopic (exact) mass is 353 g/mol. The molecule has 0 radical (unpaired) electrons. The van der Waals surface area contributed by atoms with E-state index in [1.54, 1.807) is 10.7 Å². The lowest BCUT2D eigenvalue weighted by Crippen LogP contribution is -2.25. The van der Waals surface area contributed by atoms with Gasteiger partial charge in [-0.05, 0) is 37.6 Å². The van der Waals surface area contributed by atoms with Gasteiger partial charge in [0.15, 0.2) is 0 Å². The Hall–Kier alpha value is -1.69. The number of nitrogens with one attached hydrogen (secondary N) is 1. The quantitative estimate of drug-likeness (QED) is 0.918. The molecule has 0 saturated heterocycles. The molecule has 0 aliphatic rings. The minimum Gasteiger partial charge on any atom is -0.352 e. The van der Waals surface area contributed by atoms with E-state index in [0.717, 1.165) is 21.4 Å². The van der Waals surface area contributed by atoms with E-state index in [2.05, 4.69) is 26.3 Å². The molecule has 112 valence electrons. The summed E-state index contributed by atoms with van der Waals surface area (Å²) in [6.07, 6.45) is 0.276. The van der Waals surface area contributed by atoms with Crippen LogP contribution in [0.1, 0.15) is 22.5 Å². The van der Waals surface area contributed by atoms with Crippen molar-refractivity contribution in [2.24, 2.45) is 7.05 Å². The molecule has 2 aromatic rings. The van der Waals surface area contributed by atoms with Crippen LogP contribution in [-0.4, -0.2) is 15.7 Å². The maximum Gasteiger partial charge on any atom is 0.224 e. The van der Waals surface area contributed by atoms with Crippen molar-refractivity contribution in [2.75, 3.05) is 0 Å². The predicted octanol–water partition coefficient (Wildman–Crippen LogP) is 2.80. The number of rotatable bonds is 4. The number of benzene rings is 1. The van der Waals surface area contributed by atoms with Crippen LogP contribution in [0.5, 0.6) is 0 Å². The summed E-state index contributed by atoms with van der Waals surface area (Å²) >= 11 is 3.34. The molecule has 21 heavy (non-hydrogen) atoms. The molecule has 6 heteroatoms. The van der Waals surface area contributed by atoms with Gasteiger partial charge >= 0.3 is 0 Å². The summed E-state index contributed by atoms with van der Waals surface area (Å²) in [7, 11) is 1.85. The second kappa shape index (κ2) is 6.39. The largest absolute Gasteiger partial charge is 0.352 e. The van der Waals surface area contributed by atoms with Crippen LogP contribution in [-0.2, 0) is 24.8 Å². The third-order valence-corrected chi connectivity index (χ3v) is 4.25. The highest BCUT2D eigenvalue weighted by Gasteiger charge is 2.13. The highest BCUT2D eigenvalue weighted by molar-refractivity contribution is 9.10. The molecule has 1 heterocycles. The fraction of sp³-hybridized carbons (Fsp3) is 0.333. The molecule has 0 unspecified atom stereocenters. The van der Waals surface area contributed by atoms with E-state index in [4.69, 9.17) is 0 Å². The maximum atomic E-state index is 13.2. The van der Waals surface area contributed by atoms with Crippen molar-refractivity contribution in [1.29, 1.82) is 0 Å². The summed E-state index contributed by atoms with van der Waals surface area (Å²) in [4.78, 5) is 12.0. The van der Waals surface area contributed by atoms with Crippen LogP contribution < -0.4 is 5.32 Å². The molecule has 0 atom stereocenters. The lowest BCUT2D eigenvalue weighted by Gasteiger charge is -2.08. The predicted molar refractivity (Wildman–Crippen MR) is 82.3 cm³/mol. The Balaban J connectivity index is 2.01. The summed E-state index contributed by atoms with van der Waals surface area (Å²) in [6, 6.07) is 4.41. The minimum atomic E-state index is -0.318. The van der Waals surface area contributed by atoms with E-state index in [-0.39, 0.29) is 24.7 Å². The van der Waals surface area contributed by atoms with Gasteiger partial charge < -0.3 is 5.32 Å². The first-order valence-corrected chi connectivity index (χ1v) is 7.37. The zero-order valence-corrected chi connectivity index (χ0v) is 13.8. The fourth-order valence-electron chi connectivity index (χ4n) is 2.17. The highest BCUT2D eigenvalue weighted by atomic mass is 79.9. The lowest BCUT2D eigenvalue weighted by atomic mass is 10.1. The third-order valence-electron chi connectivity index (χ3n) is 3.48. The number of carbonyl (C=O) groups is 1. The lowest BCUT2D eigenvalue weighted by molar-refractivity contribution is -0.120. The smallest absolute Gasteiger partial charge is 0.224 e. The molecule has 0 aliphatic carbocycles. The first kappa shape index (κ1) is 15.7. The number of carbonyl (C=O) groups excluding carboxylic acids is 1. The number of hydrogen-bond acceptors (Lipinski definition) is 2. The number of hydrogen-bond donors (Lipinski definition) is 1. The van der Waals surface area contributed by atoms with Gasteiger partial charge in [-0.25, -0.2) is 4.39 Å². The van der Waals surface area contributed by atoms with Crippen LogP contribution in [0.2, 0.25) is 0 Å². The van der Waals surface area contributed by atoms with Crippen molar-refractivity contribution in [3.8, 4) is 0 Å². The molecular formula is C15H17BrFN3O. The van der Waals surface area contributed by atoms with Crippen LogP contribution in [0.25, 0.3) is 0 Å². The Morgan fingerprint density at radius 3 is 2.76 bits per heavy atom.